The van der Waals surface area contributed by atoms with E-state index >= 15 is 0 Å². The Bertz CT molecular complexity index is 1130. The van der Waals surface area contributed by atoms with Gasteiger partial charge in [0.15, 0.2) is 0 Å². The summed E-state index contributed by atoms with van der Waals surface area (Å²) in [5.41, 5.74) is 5.30. The van der Waals surface area contributed by atoms with Gasteiger partial charge in [-0.2, -0.15) is 5.10 Å². The topological polar surface area (TPSA) is 75.5 Å². The molecule has 1 aliphatic rings. The first-order valence-electron chi connectivity index (χ1n) is 9.15. The van der Waals surface area contributed by atoms with Gasteiger partial charge in [0, 0.05) is 42.7 Å². The van der Waals surface area contributed by atoms with Crippen molar-refractivity contribution in [1.82, 2.24) is 24.5 Å². The van der Waals surface area contributed by atoms with Crippen molar-refractivity contribution in [3.05, 3.63) is 71.9 Å². The van der Waals surface area contributed by atoms with Crippen LogP contribution < -0.4 is 4.74 Å². The largest absolute Gasteiger partial charge is 0.496 e. The average Bonchev–Trinajstić information content (AvgIpc) is 3.45. The number of carbonyl (C=O) groups is 1. The van der Waals surface area contributed by atoms with Crippen molar-refractivity contribution in [2.24, 2.45) is 0 Å². The predicted octanol–water partition coefficient (Wildman–Crippen LogP) is 2.93. The summed E-state index contributed by atoms with van der Waals surface area (Å²) in [5.74, 6) is 0.764. The lowest BCUT2D eigenvalue weighted by Crippen LogP contribution is -2.26. The summed E-state index contributed by atoms with van der Waals surface area (Å²) in [5, 5.41) is 6.83. The molecule has 4 aromatic rings. The van der Waals surface area contributed by atoms with Crippen LogP contribution in [-0.4, -0.2) is 44.0 Å². The highest BCUT2D eigenvalue weighted by atomic mass is 16.5. The summed E-state index contributed by atoms with van der Waals surface area (Å²) in [6.45, 7) is 1.14. The van der Waals surface area contributed by atoms with Gasteiger partial charge in [-0.1, -0.05) is 6.07 Å². The molecule has 0 bridgehead atoms. The number of fused-ring (bicyclic) bond motifs is 2. The van der Waals surface area contributed by atoms with Crippen molar-refractivity contribution in [1.29, 1.82) is 0 Å². The molecule has 0 radical (unpaired) electrons. The fraction of sp³-hybridized carbons (Fsp3) is 0.190. The maximum Gasteiger partial charge on any atom is 0.255 e. The van der Waals surface area contributed by atoms with Gasteiger partial charge < -0.3 is 14.0 Å². The normalized spacial score (nSPS) is 13.3. The Morgan fingerprint density at radius 3 is 2.96 bits per heavy atom. The van der Waals surface area contributed by atoms with E-state index in [2.05, 4.69) is 15.2 Å². The lowest BCUT2D eigenvalue weighted by atomic mass is 9.98. The van der Waals surface area contributed by atoms with Gasteiger partial charge in [-0.25, -0.2) is 4.98 Å². The number of imidazole rings is 1. The van der Waals surface area contributed by atoms with Gasteiger partial charge in [-0.3, -0.25) is 9.89 Å². The van der Waals surface area contributed by atoms with E-state index in [0.717, 1.165) is 33.8 Å². The number of benzene rings is 1. The standard InChI is InChI=1S/C21H19N5O2/c1-28-18-6-5-16(14-10-22-23-11-14)20-17(18)13-26(21(20)27)9-7-15-12-25-8-3-2-4-19(25)24-15/h2-6,8,10-12H,7,9,13H2,1H3,(H,22,23). The van der Waals surface area contributed by atoms with Gasteiger partial charge in [0.25, 0.3) is 5.91 Å². The van der Waals surface area contributed by atoms with Crippen molar-refractivity contribution < 1.29 is 9.53 Å². The minimum Gasteiger partial charge on any atom is -0.496 e. The van der Waals surface area contributed by atoms with Gasteiger partial charge in [0.1, 0.15) is 11.4 Å². The number of methoxy groups -OCH3 is 1. The first-order chi connectivity index (χ1) is 13.7. The highest BCUT2D eigenvalue weighted by Gasteiger charge is 2.33. The van der Waals surface area contributed by atoms with E-state index in [-0.39, 0.29) is 5.91 Å². The number of nitrogens with zero attached hydrogens (tertiary/aromatic N) is 4. The lowest BCUT2D eigenvalue weighted by molar-refractivity contribution is 0.0780. The summed E-state index contributed by atoms with van der Waals surface area (Å²) >= 11 is 0. The van der Waals surface area contributed by atoms with Crippen LogP contribution in [0.25, 0.3) is 16.8 Å². The SMILES string of the molecule is COc1ccc(-c2cn[nH]c2)c2c1CN(CCc1cn3ccccc3n1)C2=O. The number of amides is 1. The Hall–Kier alpha value is -3.61. The minimum absolute atomic E-state index is 0.0221. The van der Waals surface area contributed by atoms with Gasteiger partial charge in [-0.15, -0.1) is 0 Å². The van der Waals surface area contributed by atoms with Crippen molar-refractivity contribution in [3.8, 4) is 16.9 Å². The number of hydrogen-bond donors (Lipinski definition) is 1. The Kier molecular flexibility index (Phi) is 3.86. The molecule has 0 saturated heterocycles. The molecule has 0 spiro atoms. The molecular formula is C21H19N5O2. The smallest absolute Gasteiger partial charge is 0.255 e. The second-order valence-electron chi connectivity index (χ2n) is 6.83. The molecule has 0 unspecified atom stereocenters. The Morgan fingerprint density at radius 1 is 1.25 bits per heavy atom. The zero-order chi connectivity index (χ0) is 19.1. The molecule has 7 nitrogen and oxygen atoms in total. The molecule has 1 N–H and O–H groups in total. The molecule has 3 aromatic heterocycles. The van der Waals surface area contributed by atoms with Crippen LogP contribution in [-0.2, 0) is 13.0 Å². The van der Waals surface area contributed by atoms with E-state index < -0.39 is 0 Å². The number of nitrogens with one attached hydrogen (secondary N) is 1. The van der Waals surface area contributed by atoms with Crippen LogP contribution in [0.3, 0.4) is 0 Å². The minimum atomic E-state index is 0.0221. The first-order valence-corrected chi connectivity index (χ1v) is 9.15. The Morgan fingerprint density at radius 2 is 2.18 bits per heavy atom. The van der Waals surface area contributed by atoms with E-state index in [9.17, 15) is 4.79 Å². The summed E-state index contributed by atoms with van der Waals surface area (Å²) < 4.78 is 7.51. The number of rotatable bonds is 5. The molecule has 140 valence electrons. The van der Waals surface area contributed by atoms with Crippen LogP contribution in [0.5, 0.6) is 5.75 Å². The number of aromatic amines is 1. The number of hydrogen-bond acceptors (Lipinski definition) is 4. The van der Waals surface area contributed by atoms with Gasteiger partial charge in [-0.05, 0) is 29.8 Å². The molecule has 0 saturated carbocycles. The molecule has 1 aromatic carbocycles. The molecule has 1 amide bonds. The summed E-state index contributed by atoms with van der Waals surface area (Å²) in [6.07, 6.45) is 8.22. The predicted molar refractivity (Wildman–Crippen MR) is 104 cm³/mol. The molecule has 0 fully saturated rings. The second-order valence-corrected chi connectivity index (χ2v) is 6.83. The Labute approximate surface area is 161 Å². The molecule has 1 aliphatic heterocycles. The van der Waals surface area contributed by atoms with E-state index in [1.165, 1.54) is 0 Å². The summed E-state index contributed by atoms with van der Waals surface area (Å²) in [4.78, 5) is 19.7. The zero-order valence-corrected chi connectivity index (χ0v) is 15.4. The number of H-pyrrole nitrogens is 1. The quantitative estimate of drug-likeness (QED) is 0.584. The maximum atomic E-state index is 13.2. The van der Waals surface area contributed by atoms with Crippen molar-refractivity contribution in [2.75, 3.05) is 13.7 Å². The number of pyridine rings is 1. The Balaban J connectivity index is 1.43. The van der Waals surface area contributed by atoms with Crippen LogP contribution in [0.4, 0.5) is 0 Å². The highest BCUT2D eigenvalue weighted by Crippen LogP contribution is 2.37. The molecule has 5 rings (SSSR count). The summed E-state index contributed by atoms with van der Waals surface area (Å²) in [7, 11) is 1.64. The van der Waals surface area contributed by atoms with E-state index in [1.807, 2.05) is 52.0 Å². The zero-order valence-electron chi connectivity index (χ0n) is 15.4. The monoisotopic (exact) mass is 373 g/mol. The third kappa shape index (κ3) is 2.63. The van der Waals surface area contributed by atoms with Crippen LogP contribution in [0, 0.1) is 0 Å². The molecule has 0 aliphatic carbocycles. The van der Waals surface area contributed by atoms with Crippen molar-refractivity contribution in [2.45, 2.75) is 13.0 Å². The fourth-order valence-corrected chi connectivity index (χ4v) is 3.82. The van der Waals surface area contributed by atoms with Crippen LogP contribution >= 0.6 is 0 Å². The van der Waals surface area contributed by atoms with Gasteiger partial charge in [0.05, 0.1) is 31.1 Å². The number of carbonyl (C=O) groups excluding carboxylic acids is 1. The average molecular weight is 373 g/mol. The molecular weight excluding hydrogens is 354 g/mol. The maximum absolute atomic E-state index is 13.2. The van der Waals surface area contributed by atoms with E-state index in [0.29, 0.717) is 25.1 Å². The molecule has 28 heavy (non-hydrogen) atoms. The third-order valence-corrected chi connectivity index (χ3v) is 5.20. The number of aromatic nitrogens is 4. The second kappa shape index (κ2) is 6.53. The first kappa shape index (κ1) is 16.6. The van der Waals surface area contributed by atoms with Gasteiger partial charge >= 0.3 is 0 Å². The fourth-order valence-electron chi connectivity index (χ4n) is 3.82. The highest BCUT2D eigenvalue weighted by molar-refractivity contribution is 6.05. The third-order valence-electron chi connectivity index (χ3n) is 5.20. The molecule has 4 heterocycles. The summed E-state index contributed by atoms with van der Waals surface area (Å²) in [6, 6.07) is 9.76. The van der Waals surface area contributed by atoms with Crippen LogP contribution in [0.15, 0.2) is 55.1 Å². The van der Waals surface area contributed by atoms with Crippen LogP contribution in [0.2, 0.25) is 0 Å². The lowest BCUT2D eigenvalue weighted by Gasteiger charge is -2.14. The van der Waals surface area contributed by atoms with Gasteiger partial charge in [0.2, 0.25) is 0 Å². The van der Waals surface area contributed by atoms with Crippen LogP contribution in [0.1, 0.15) is 21.6 Å². The van der Waals surface area contributed by atoms with E-state index in [4.69, 9.17) is 4.74 Å². The van der Waals surface area contributed by atoms with Crippen molar-refractivity contribution >= 4 is 11.6 Å². The van der Waals surface area contributed by atoms with E-state index in [1.54, 1.807) is 19.5 Å². The molecule has 7 heteroatoms. The molecule has 0 atom stereocenters. The number of ether oxygens (including phenoxy) is 1. The van der Waals surface area contributed by atoms with Crippen molar-refractivity contribution in [3.63, 3.8) is 0 Å².